The van der Waals surface area contributed by atoms with Crippen LogP contribution in [0.5, 0.6) is 0 Å². The van der Waals surface area contributed by atoms with E-state index in [0.29, 0.717) is 0 Å². The van der Waals surface area contributed by atoms with Crippen LogP contribution in [0.3, 0.4) is 0 Å². The zero-order valence-corrected chi connectivity index (χ0v) is 15.8. The molecule has 3 heterocycles. The summed E-state index contributed by atoms with van der Waals surface area (Å²) in [6.07, 6.45) is 2.96. The van der Waals surface area contributed by atoms with Crippen molar-refractivity contribution in [2.24, 2.45) is 0 Å². The van der Waals surface area contributed by atoms with Gasteiger partial charge in [-0.3, -0.25) is 4.90 Å². The minimum Gasteiger partial charge on any atom is -0.337 e. The highest BCUT2D eigenvalue weighted by atomic mass is 32.1. The van der Waals surface area contributed by atoms with E-state index in [1.807, 2.05) is 11.3 Å². The van der Waals surface area contributed by atoms with Crippen molar-refractivity contribution in [2.75, 3.05) is 31.1 Å². The Bertz CT molecular complexity index is 661. The lowest BCUT2D eigenvalue weighted by Crippen LogP contribution is -2.46. The molecular formula is C18H27N5S. The fourth-order valence-corrected chi connectivity index (χ4v) is 4.09. The van der Waals surface area contributed by atoms with Gasteiger partial charge in [-0.15, -0.1) is 16.4 Å². The van der Waals surface area contributed by atoms with Crippen molar-refractivity contribution in [3.63, 3.8) is 0 Å². The van der Waals surface area contributed by atoms with Crippen LogP contribution in [0.4, 0.5) is 5.95 Å². The first-order valence-corrected chi connectivity index (χ1v) is 9.82. The summed E-state index contributed by atoms with van der Waals surface area (Å²) in [5.41, 5.74) is 2.12. The second-order valence-electron chi connectivity index (χ2n) is 6.20. The minimum absolute atomic E-state index is 0.799. The van der Waals surface area contributed by atoms with Crippen molar-refractivity contribution >= 4 is 17.3 Å². The number of aromatic nitrogens is 3. The van der Waals surface area contributed by atoms with Crippen LogP contribution in [-0.2, 0) is 25.8 Å². The molecule has 0 unspecified atom stereocenters. The summed E-state index contributed by atoms with van der Waals surface area (Å²) >= 11 is 1.94. The number of hydrogen-bond donors (Lipinski definition) is 0. The van der Waals surface area contributed by atoms with Gasteiger partial charge in [-0.2, -0.15) is 5.10 Å². The second-order valence-corrected chi connectivity index (χ2v) is 7.45. The van der Waals surface area contributed by atoms with E-state index in [-0.39, 0.29) is 0 Å². The molecule has 1 fully saturated rings. The molecule has 0 bridgehead atoms. The molecule has 0 spiro atoms. The molecule has 5 nitrogen and oxygen atoms in total. The zero-order valence-electron chi connectivity index (χ0n) is 15.0. The predicted octanol–water partition coefficient (Wildman–Crippen LogP) is 2.94. The van der Waals surface area contributed by atoms with E-state index in [0.717, 1.165) is 69.3 Å². The highest BCUT2D eigenvalue weighted by Gasteiger charge is 2.20. The average molecular weight is 346 g/mol. The summed E-state index contributed by atoms with van der Waals surface area (Å²) in [6, 6.07) is 4.54. The summed E-state index contributed by atoms with van der Waals surface area (Å²) in [7, 11) is 0. The van der Waals surface area contributed by atoms with Crippen LogP contribution in [0.15, 0.2) is 12.1 Å². The Morgan fingerprint density at radius 1 is 0.875 bits per heavy atom. The third-order valence-corrected chi connectivity index (χ3v) is 5.81. The molecule has 0 radical (unpaired) electrons. The van der Waals surface area contributed by atoms with Crippen LogP contribution >= 0.6 is 11.3 Å². The van der Waals surface area contributed by atoms with E-state index in [1.165, 1.54) is 9.75 Å². The van der Waals surface area contributed by atoms with E-state index in [4.69, 9.17) is 4.98 Å². The summed E-state index contributed by atoms with van der Waals surface area (Å²) in [6.45, 7) is 11.6. The third-order valence-electron chi connectivity index (χ3n) is 4.60. The number of rotatable bonds is 6. The van der Waals surface area contributed by atoms with E-state index in [2.05, 4.69) is 52.9 Å². The van der Waals surface area contributed by atoms with E-state index in [9.17, 15) is 0 Å². The molecule has 6 heteroatoms. The predicted molar refractivity (Wildman–Crippen MR) is 99.8 cm³/mol. The van der Waals surface area contributed by atoms with Gasteiger partial charge < -0.3 is 4.90 Å². The Morgan fingerprint density at radius 3 is 2.21 bits per heavy atom. The van der Waals surface area contributed by atoms with E-state index >= 15 is 0 Å². The maximum Gasteiger partial charge on any atom is 0.245 e. The van der Waals surface area contributed by atoms with Gasteiger partial charge in [-0.1, -0.05) is 20.8 Å². The first-order valence-electron chi connectivity index (χ1n) is 9.00. The first-order chi connectivity index (χ1) is 11.7. The molecule has 0 N–H and O–H groups in total. The van der Waals surface area contributed by atoms with Crippen molar-refractivity contribution in [1.29, 1.82) is 0 Å². The lowest BCUT2D eigenvalue weighted by Gasteiger charge is -2.34. The quantitative estimate of drug-likeness (QED) is 0.805. The molecule has 2 aromatic rings. The van der Waals surface area contributed by atoms with Crippen LogP contribution in [-0.4, -0.2) is 46.3 Å². The fourth-order valence-electron chi connectivity index (χ4n) is 3.09. The number of aryl methyl sites for hydroxylation is 3. The summed E-state index contributed by atoms with van der Waals surface area (Å²) in [5, 5.41) is 8.73. The van der Waals surface area contributed by atoms with Gasteiger partial charge in [0.1, 0.15) is 0 Å². The fraction of sp³-hybridized carbons (Fsp3) is 0.611. The monoisotopic (exact) mass is 345 g/mol. The largest absolute Gasteiger partial charge is 0.337 e. The molecule has 0 aliphatic carbocycles. The van der Waals surface area contributed by atoms with Gasteiger partial charge >= 0.3 is 0 Å². The van der Waals surface area contributed by atoms with E-state index < -0.39 is 0 Å². The highest BCUT2D eigenvalue weighted by molar-refractivity contribution is 7.11. The van der Waals surface area contributed by atoms with Crippen LogP contribution < -0.4 is 4.90 Å². The average Bonchev–Trinajstić information content (AvgIpc) is 3.09. The van der Waals surface area contributed by atoms with Gasteiger partial charge in [0.15, 0.2) is 0 Å². The number of nitrogens with zero attached hydrogens (tertiary/aromatic N) is 5. The molecule has 0 saturated carbocycles. The van der Waals surface area contributed by atoms with Crippen molar-refractivity contribution in [3.8, 4) is 0 Å². The Balaban J connectivity index is 1.58. The van der Waals surface area contributed by atoms with Gasteiger partial charge in [0.2, 0.25) is 5.95 Å². The van der Waals surface area contributed by atoms with Gasteiger partial charge in [0, 0.05) is 42.5 Å². The van der Waals surface area contributed by atoms with Crippen LogP contribution in [0.2, 0.25) is 0 Å². The molecule has 0 aromatic carbocycles. The lowest BCUT2D eigenvalue weighted by atomic mass is 10.2. The second kappa shape index (κ2) is 8.03. The summed E-state index contributed by atoms with van der Waals surface area (Å²) < 4.78 is 0. The van der Waals surface area contributed by atoms with E-state index in [1.54, 1.807) is 0 Å². The molecular weight excluding hydrogens is 318 g/mol. The maximum atomic E-state index is 4.74. The van der Waals surface area contributed by atoms with Crippen LogP contribution in [0, 0.1) is 0 Å². The topological polar surface area (TPSA) is 45.2 Å². The Kier molecular flexibility index (Phi) is 5.79. The van der Waals surface area contributed by atoms with Crippen LogP contribution in [0.25, 0.3) is 0 Å². The number of hydrogen-bond acceptors (Lipinski definition) is 6. The summed E-state index contributed by atoms with van der Waals surface area (Å²) in [4.78, 5) is 12.5. The zero-order chi connectivity index (χ0) is 16.9. The molecule has 1 aliphatic rings. The number of thiophene rings is 1. The van der Waals surface area contributed by atoms with Gasteiger partial charge in [0.25, 0.3) is 0 Å². The minimum atomic E-state index is 0.799. The molecule has 0 atom stereocenters. The van der Waals surface area contributed by atoms with Gasteiger partial charge in [0.05, 0.1) is 11.4 Å². The molecule has 0 amide bonds. The number of piperazine rings is 1. The number of anilines is 1. The van der Waals surface area contributed by atoms with Gasteiger partial charge in [-0.25, -0.2) is 4.98 Å². The van der Waals surface area contributed by atoms with Crippen LogP contribution in [0.1, 0.15) is 41.9 Å². The van der Waals surface area contributed by atoms with Crippen molar-refractivity contribution in [1.82, 2.24) is 20.1 Å². The molecule has 3 rings (SSSR count). The maximum absolute atomic E-state index is 4.74. The van der Waals surface area contributed by atoms with Crippen molar-refractivity contribution in [2.45, 2.75) is 46.6 Å². The third kappa shape index (κ3) is 3.92. The Morgan fingerprint density at radius 2 is 1.58 bits per heavy atom. The lowest BCUT2D eigenvalue weighted by molar-refractivity contribution is 0.250. The highest BCUT2D eigenvalue weighted by Crippen LogP contribution is 2.20. The first kappa shape index (κ1) is 17.3. The van der Waals surface area contributed by atoms with Crippen molar-refractivity contribution < 1.29 is 0 Å². The Hall–Kier alpha value is -1.53. The van der Waals surface area contributed by atoms with Gasteiger partial charge in [-0.05, 0) is 31.4 Å². The molecule has 130 valence electrons. The molecule has 2 aromatic heterocycles. The van der Waals surface area contributed by atoms with Crippen molar-refractivity contribution in [3.05, 3.63) is 33.3 Å². The Labute approximate surface area is 148 Å². The SMILES string of the molecule is CCc1ccc(CN2CCN(c3nnc(CC)c(CC)n3)CC2)s1. The smallest absolute Gasteiger partial charge is 0.245 e. The standard InChI is InChI=1S/C18H27N5S/c1-4-14-7-8-15(24-14)13-22-9-11-23(12-10-22)18-19-16(5-2)17(6-3)20-21-18/h7-8H,4-6,9-13H2,1-3H3. The molecule has 1 saturated heterocycles. The normalized spacial score (nSPS) is 15.9. The summed E-state index contributed by atoms with van der Waals surface area (Å²) in [5.74, 6) is 0.799. The molecule has 1 aliphatic heterocycles. The molecule has 24 heavy (non-hydrogen) atoms.